The van der Waals surface area contributed by atoms with Crippen LogP contribution < -0.4 is 10.1 Å². The summed E-state index contributed by atoms with van der Waals surface area (Å²) in [6.45, 7) is 3.26. The lowest BCUT2D eigenvalue weighted by Gasteiger charge is -2.14. The quantitative estimate of drug-likeness (QED) is 0.477. The van der Waals surface area contributed by atoms with Gasteiger partial charge in [0.2, 0.25) is 5.88 Å². The third kappa shape index (κ3) is 4.28. The van der Waals surface area contributed by atoms with E-state index in [2.05, 4.69) is 29.4 Å². The Morgan fingerprint density at radius 2 is 2.06 bits per heavy atom. The molecule has 0 unspecified atom stereocenters. The van der Waals surface area contributed by atoms with Crippen LogP contribution in [-0.4, -0.2) is 35.2 Å². The minimum Gasteiger partial charge on any atom is -0.471 e. The number of anilines is 1. The van der Waals surface area contributed by atoms with Gasteiger partial charge in [-0.1, -0.05) is 6.07 Å². The summed E-state index contributed by atoms with van der Waals surface area (Å²) in [7, 11) is 0. The largest absolute Gasteiger partial charge is 0.471 e. The Balaban J connectivity index is 1.32. The highest BCUT2D eigenvalue weighted by molar-refractivity contribution is 7.21. The molecule has 1 atom stereocenters. The second-order valence-electron chi connectivity index (χ2n) is 7.48. The molecule has 6 nitrogen and oxygen atoms in total. The van der Waals surface area contributed by atoms with E-state index in [4.69, 9.17) is 14.5 Å². The first-order valence-electron chi connectivity index (χ1n) is 10.1. The first kappa shape index (κ1) is 19.7. The van der Waals surface area contributed by atoms with E-state index < -0.39 is 0 Å². The normalized spacial score (nSPS) is 15.8. The van der Waals surface area contributed by atoms with Crippen LogP contribution in [0.15, 0.2) is 60.8 Å². The maximum Gasteiger partial charge on any atom is 0.261 e. The number of carbonyl (C=O) groups excluding carboxylic acids is 1. The number of nitrogens with zero attached hydrogens (tertiary/aromatic N) is 2. The predicted octanol–water partition coefficient (Wildman–Crippen LogP) is 5.09. The van der Waals surface area contributed by atoms with Crippen molar-refractivity contribution >= 4 is 33.1 Å². The van der Waals surface area contributed by atoms with Crippen LogP contribution in [0.5, 0.6) is 5.88 Å². The standard InChI is InChI=1S/C24H21N3O3S/c1-15-4-9-20-21(13-15)31-24(27-20)16-5-7-17(8-6-16)26-22(28)19-3-2-11-25-23(19)30-18-10-12-29-14-18/h2-9,11,13,18H,10,12,14H2,1H3,(H,26,28)/t18-/m1/s1. The summed E-state index contributed by atoms with van der Waals surface area (Å²) >= 11 is 1.66. The summed E-state index contributed by atoms with van der Waals surface area (Å²) in [6, 6.07) is 17.4. The highest BCUT2D eigenvalue weighted by Crippen LogP contribution is 2.31. The molecule has 0 radical (unpaired) electrons. The predicted molar refractivity (Wildman–Crippen MR) is 122 cm³/mol. The summed E-state index contributed by atoms with van der Waals surface area (Å²) in [4.78, 5) is 21.8. The number of aryl methyl sites for hydroxylation is 1. The van der Waals surface area contributed by atoms with Crippen molar-refractivity contribution in [1.82, 2.24) is 9.97 Å². The van der Waals surface area contributed by atoms with E-state index in [1.165, 1.54) is 10.3 Å². The van der Waals surface area contributed by atoms with E-state index in [-0.39, 0.29) is 12.0 Å². The van der Waals surface area contributed by atoms with Crippen molar-refractivity contribution in [2.24, 2.45) is 0 Å². The second kappa shape index (κ2) is 8.45. The molecule has 1 fully saturated rings. The fraction of sp³-hybridized carbons (Fsp3) is 0.208. The number of hydrogen-bond acceptors (Lipinski definition) is 6. The Kier molecular flexibility index (Phi) is 5.36. The molecule has 0 bridgehead atoms. The van der Waals surface area contributed by atoms with Gasteiger partial charge >= 0.3 is 0 Å². The highest BCUT2D eigenvalue weighted by Gasteiger charge is 2.21. The SMILES string of the molecule is Cc1ccc2nc(-c3ccc(NC(=O)c4cccnc4O[C@@H]4CCOC4)cc3)sc2c1. The molecule has 0 spiro atoms. The van der Waals surface area contributed by atoms with Gasteiger partial charge < -0.3 is 14.8 Å². The minimum atomic E-state index is -0.259. The van der Waals surface area contributed by atoms with Crippen LogP contribution in [0.25, 0.3) is 20.8 Å². The molecule has 0 aliphatic carbocycles. The number of benzene rings is 2. The highest BCUT2D eigenvalue weighted by atomic mass is 32.1. The molecular weight excluding hydrogens is 410 g/mol. The van der Waals surface area contributed by atoms with Gasteiger partial charge in [0.25, 0.3) is 5.91 Å². The van der Waals surface area contributed by atoms with Crippen LogP contribution in [0.1, 0.15) is 22.3 Å². The number of rotatable bonds is 5. The first-order chi connectivity index (χ1) is 15.2. The van der Waals surface area contributed by atoms with E-state index in [0.717, 1.165) is 22.5 Å². The molecule has 4 aromatic rings. The molecule has 1 amide bonds. The number of carbonyl (C=O) groups is 1. The van der Waals surface area contributed by atoms with Crippen LogP contribution in [-0.2, 0) is 4.74 Å². The van der Waals surface area contributed by atoms with E-state index >= 15 is 0 Å². The zero-order valence-corrected chi connectivity index (χ0v) is 17.8. The van der Waals surface area contributed by atoms with E-state index in [0.29, 0.717) is 30.3 Å². The average Bonchev–Trinajstić information content (AvgIpc) is 3.44. The number of fused-ring (bicyclic) bond motifs is 1. The number of pyridine rings is 1. The maximum absolute atomic E-state index is 12.8. The van der Waals surface area contributed by atoms with Crippen LogP contribution >= 0.6 is 11.3 Å². The van der Waals surface area contributed by atoms with Gasteiger partial charge in [0, 0.05) is 23.9 Å². The molecule has 2 aromatic heterocycles. The summed E-state index contributed by atoms with van der Waals surface area (Å²) in [5, 5.41) is 3.89. The first-order valence-corrected chi connectivity index (χ1v) is 11.0. The van der Waals surface area contributed by atoms with Crippen LogP contribution in [0.2, 0.25) is 0 Å². The Morgan fingerprint density at radius 1 is 1.19 bits per heavy atom. The zero-order chi connectivity index (χ0) is 21.2. The lowest BCUT2D eigenvalue weighted by atomic mass is 10.2. The number of hydrogen-bond donors (Lipinski definition) is 1. The van der Waals surface area contributed by atoms with E-state index in [9.17, 15) is 4.79 Å². The van der Waals surface area contributed by atoms with Crippen LogP contribution in [0.3, 0.4) is 0 Å². The second-order valence-corrected chi connectivity index (χ2v) is 8.51. The van der Waals surface area contributed by atoms with Gasteiger partial charge in [-0.05, 0) is 61.0 Å². The van der Waals surface area contributed by atoms with Gasteiger partial charge in [-0.25, -0.2) is 9.97 Å². The number of thiazole rings is 1. The van der Waals surface area contributed by atoms with Gasteiger partial charge in [0.05, 0.1) is 23.4 Å². The molecule has 2 aromatic carbocycles. The molecule has 1 aliphatic heterocycles. The Bertz CT molecular complexity index is 1230. The molecule has 1 N–H and O–H groups in total. The van der Waals surface area contributed by atoms with Crippen molar-refractivity contribution in [3.63, 3.8) is 0 Å². The fourth-order valence-electron chi connectivity index (χ4n) is 3.47. The molecule has 7 heteroatoms. The molecule has 1 aliphatic rings. The van der Waals surface area contributed by atoms with Gasteiger partial charge in [-0.2, -0.15) is 0 Å². The van der Waals surface area contributed by atoms with Crippen molar-refractivity contribution < 1.29 is 14.3 Å². The molecule has 31 heavy (non-hydrogen) atoms. The molecule has 1 saturated heterocycles. The topological polar surface area (TPSA) is 73.3 Å². The molecule has 0 saturated carbocycles. The van der Waals surface area contributed by atoms with Crippen molar-refractivity contribution in [2.75, 3.05) is 18.5 Å². The average molecular weight is 432 g/mol. The molecule has 156 valence electrons. The van der Waals surface area contributed by atoms with Crippen molar-refractivity contribution in [1.29, 1.82) is 0 Å². The lowest BCUT2D eigenvalue weighted by Crippen LogP contribution is -2.20. The number of nitrogens with one attached hydrogen (secondary N) is 1. The number of aromatic nitrogens is 2. The fourth-order valence-corrected chi connectivity index (χ4v) is 4.54. The molecular formula is C24H21N3O3S. The Labute approximate surface area is 183 Å². The number of amides is 1. The monoisotopic (exact) mass is 431 g/mol. The maximum atomic E-state index is 12.8. The lowest BCUT2D eigenvalue weighted by molar-refractivity contribution is 0.101. The zero-order valence-electron chi connectivity index (χ0n) is 17.0. The van der Waals surface area contributed by atoms with Crippen LogP contribution in [0.4, 0.5) is 5.69 Å². The summed E-state index contributed by atoms with van der Waals surface area (Å²) in [5.41, 5.74) is 4.34. The summed E-state index contributed by atoms with van der Waals surface area (Å²) < 4.78 is 12.4. The van der Waals surface area contributed by atoms with Crippen molar-refractivity contribution in [3.8, 4) is 16.5 Å². The van der Waals surface area contributed by atoms with Crippen molar-refractivity contribution in [3.05, 3.63) is 71.9 Å². The minimum absolute atomic E-state index is 0.0710. The number of ether oxygens (including phenoxy) is 2. The van der Waals surface area contributed by atoms with Gasteiger partial charge in [0.15, 0.2) is 0 Å². The Morgan fingerprint density at radius 3 is 2.87 bits per heavy atom. The third-order valence-electron chi connectivity index (χ3n) is 5.12. The summed E-state index contributed by atoms with van der Waals surface area (Å²) in [6.07, 6.45) is 2.35. The molecule has 3 heterocycles. The van der Waals surface area contributed by atoms with E-state index in [1.807, 2.05) is 30.3 Å². The smallest absolute Gasteiger partial charge is 0.261 e. The summed E-state index contributed by atoms with van der Waals surface area (Å²) in [5.74, 6) is 0.0714. The van der Waals surface area contributed by atoms with Gasteiger partial charge in [-0.3, -0.25) is 4.79 Å². The van der Waals surface area contributed by atoms with E-state index in [1.54, 1.807) is 29.7 Å². The Hall–Kier alpha value is -3.29. The van der Waals surface area contributed by atoms with Crippen LogP contribution in [0, 0.1) is 6.92 Å². The van der Waals surface area contributed by atoms with Gasteiger partial charge in [0.1, 0.15) is 16.7 Å². The third-order valence-corrected chi connectivity index (χ3v) is 6.18. The molecule has 5 rings (SSSR count). The van der Waals surface area contributed by atoms with Gasteiger partial charge in [-0.15, -0.1) is 11.3 Å². The van der Waals surface area contributed by atoms with Crippen molar-refractivity contribution in [2.45, 2.75) is 19.4 Å².